The summed E-state index contributed by atoms with van der Waals surface area (Å²) in [5, 5.41) is 27.2. The van der Waals surface area contributed by atoms with Gasteiger partial charge in [0.25, 0.3) is 0 Å². The number of amides is 1. The quantitative estimate of drug-likeness (QED) is 0.641. The molecule has 0 aromatic carbocycles. The maximum Gasteiger partial charge on any atom is 0.435 e. The average molecular weight is 295 g/mol. The van der Waals surface area contributed by atoms with Gasteiger partial charge in [0.1, 0.15) is 6.10 Å². The van der Waals surface area contributed by atoms with E-state index in [0.29, 0.717) is 0 Å². The first-order valence-electron chi connectivity index (χ1n) is 5.87. The monoisotopic (exact) mass is 295 g/mol. The molecule has 2 unspecified atom stereocenters. The molecule has 4 N–H and O–H groups in total. The Morgan fingerprint density at radius 3 is 2.55 bits per heavy atom. The van der Waals surface area contributed by atoms with Gasteiger partial charge in [0.05, 0.1) is 6.10 Å². The number of H-pyrrole nitrogens is 1. The number of hydrogen-bond acceptors (Lipinski definition) is 4. The number of aliphatic hydroxyl groups excluding tert-OH is 2. The van der Waals surface area contributed by atoms with Crippen molar-refractivity contribution in [2.75, 3.05) is 6.54 Å². The van der Waals surface area contributed by atoms with Crippen LogP contribution < -0.4 is 5.32 Å². The highest BCUT2D eigenvalue weighted by molar-refractivity contribution is 5.72. The second-order valence-electron chi connectivity index (χ2n) is 4.39. The third-order valence-electron chi connectivity index (χ3n) is 2.74. The fraction of sp³-hybridized carbons (Fsp3) is 0.636. The van der Waals surface area contributed by atoms with E-state index in [0.717, 1.165) is 0 Å². The SMILES string of the molecule is CC(=O)NCCC(O)C(O)c1c(C(F)(F)F)n[nH]c1C. The van der Waals surface area contributed by atoms with Gasteiger partial charge in [0.2, 0.25) is 5.91 Å². The third-order valence-corrected chi connectivity index (χ3v) is 2.74. The summed E-state index contributed by atoms with van der Waals surface area (Å²) >= 11 is 0. The van der Waals surface area contributed by atoms with Gasteiger partial charge in [-0.15, -0.1) is 0 Å². The summed E-state index contributed by atoms with van der Waals surface area (Å²) in [6, 6.07) is 0. The molecule has 6 nitrogen and oxygen atoms in total. The number of aromatic amines is 1. The minimum absolute atomic E-state index is 0.0309. The number of hydrogen-bond donors (Lipinski definition) is 4. The molecule has 1 amide bonds. The lowest BCUT2D eigenvalue weighted by atomic mass is 10.00. The van der Waals surface area contributed by atoms with Crippen LogP contribution >= 0.6 is 0 Å². The molecule has 1 aromatic rings. The number of nitrogens with one attached hydrogen (secondary N) is 2. The maximum absolute atomic E-state index is 12.7. The smallest absolute Gasteiger partial charge is 0.390 e. The van der Waals surface area contributed by atoms with E-state index in [1.165, 1.54) is 13.8 Å². The van der Waals surface area contributed by atoms with E-state index in [-0.39, 0.29) is 24.6 Å². The molecule has 0 aliphatic carbocycles. The Kier molecular flexibility index (Phi) is 5.12. The predicted octanol–water partition coefficient (Wildman–Crippen LogP) is 0.657. The average Bonchev–Trinajstić information content (AvgIpc) is 2.69. The largest absolute Gasteiger partial charge is 0.435 e. The maximum atomic E-state index is 12.7. The minimum Gasteiger partial charge on any atom is -0.390 e. The Labute approximate surface area is 113 Å². The molecule has 20 heavy (non-hydrogen) atoms. The molecule has 0 saturated heterocycles. The molecule has 1 heterocycles. The standard InChI is InChI=1S/C11H16F3N3O3/c1-5-8(10(17-16-5)11(12,13)14)9(20)7(19)3-4-15-6(2)18/h7,9,19-20H,3-4H2,1-2H3,(H,15,18)(H,16,17). The Balaban J connectivity index is 2.83. The number of aliphatic hydroxyl groups is 2. The van der Waals surface area contributed by atoms with Crippen LogP contribution in [0.15, 0.2) is 0 Å². The van der Waals surface area contributed by atoms with Gasteiger partial charge in [0.15, 0.2) is 5.69 Å². The molecule has 0 spiro atoms. The zero-order valence-corrected chi connectivity index (χ0v) is 11.0. The fourth-order valence-corrected chi connectivity index (χ4v) is 1.76. The first-order chi connectivity index (χ1) is 9.14. The molecular weight excluding hydrogens is 279 g/mol. The summed E-state index contributed by atoms with van der Waals surface area (Å²) in [6.07, 6.45) is -7.99. The summed E-state index contributed by atoms with van der Waals surface area (Å²) < 4.78 is 38.1. The van der Waals surface area contributed by atoms with Gasteiger partial charge in [-0.1, -0.05) is 0 Å². The molecule has 0 aliphatic rings. The van der Waals surface area contributed by atoms with E-state index >= 15 is 0 Å². The van der Waals surface area contributed by atoms with Crippen LogP contribution in [-0.4, -0.2) is 39.0 Å². The molecule has 1 rings (SSSR count). The Morgan fingerprint density at radius 2 is 2.05 bits per heavy atom. The summed E-state index contributed by atoms with van der Waals surface area (Å²) in [5.41, 5.74) is -1.70. The molecule has 0 saturated carbocycles. The van der Waals surface area contributed by atoms with Crippen LogP contribution in [0.5, 0.6) is 0 Å². The summed E-state index contributed by atoms with van der Waals surface area (Å²) in [5.74, 6) is -0.331. The van der Waals surface area contributed by atoms with Crippen molar-refractivity contribution < 1.29 is 28.2 Å². The van der Waals surface area contributed by atoms with Gasteiger partial charge < -0.3 is 15.5 Å². The molecule has 0 bridgehead atoms. The molecule has 0 radical (unpaired) electrons. The van der Waals surface area contributed by atoms with Crippen molar-refractivity contribution in [3.8, 4) is 0 Å². The van der Waals surface area contributed by atoms with Crippen molar-refractivity contribution in [2.45, 2.75) is 38.7 Å². The number of nitrogens with zero attached hydrogens (tertiary/aromatic N) is 1. The Bertz CT molecular complexity index is 473. The molecule has 114 valence electrons. The van der Waals surface area contributed by atoms with Crippen LogP contribution in [0.4, 0.5) is 13.2 Å². The van der Waals surface area contributed by atoms with Gasteiger partial charge in [-0.05, 0) is 13.3 Å². The lowest BCUT2D eigenvalue weighted by Gasteiger charge is -2.19. The van der Waals surface area contributed by atoms with Crippen molar-refractivity contribution in [1.82, 2.24) is 15.5 Å². The van der Waals surface area contributed by atoms with E-state index < -0.39 is 29.6 Å². The number of aromatic nitrogens is 2. The lowest BCUT2D eigenvalue weighted by Crippen LogP contribution is -2.28. The highest BCUT2D eigenvalue weighted by Gasteiger charge is 2.40. The molecule has 1 aromatic heterocycles. The first kappa shape index (κ1) is 16.4. The third kappa shape index (κ3) is 3.94. The van der Waals surface area contributed by atoms with Crippen molar-refractivity contribution >= 4 is 5.91 Å². The molecule has 0 fully saturated rings. The Hall–Kier alpha value is -1.61. The highest BCUT2D eigenvalue weighted by atomic mass is 19.4. The van der Waals surface area contributed by atoms with Crippen LogP contribution in [0, 0.1) is 6.92 Å². The number of halogens is 3. The van der Waals surface area contributed by atoms with E-state index in [1.807, 2.05) is 0 Å². The van der Waals surface area contributed by atoms with Gasteiger partial charge >= 0.3 is 6.18 Å². The van der Waals surface area contributed by atoms with Crippen molar-refractivity contribution in [3.63, 3.8) is 0 Å². The Morgan fingerprint density at radius 1 is 1.45 bits per heavy atom. The van der Waals surface area contributed by atoms with E-state index in [1.54, 1.807) is 0 Å². The fourth-order valence-electron chi connectivity index (χ4n) is 1.76. The van der Waals surface area contributed by atoms with Crippen LogP contribution in [0.1, 0.15) is 36.4 Å². The number of rotatable bonds is 5. The normalized spacial score (nSPS) is 14.9. The molecule has 9 heteroatoms. The van der Waals surface area contributed by atoms with Gasteiger partial charge in [0, 0.05) is 24.7 Å². The zero-order valence-electron chi connectivity index (χ0n) is 11.0. The summed E-state index contributed by atoms with van der Waals surface area (Å²) in [7, 11) is 0. The van der Waals surface area contributed by atoms with Gasteiger partial charge in [-0.3, -0.25) is 9.89 Å². The van der Waals surface area contributed by atoms with Gasteiger partial charge in [-0.25, -0.2) is 0 Å². The topological polar surface area (TPSA) is 98.2 Å². The van der Waals surface area contributed by atoms with Gasteiger partial charge in [-0.2, -0.15) is 18.3 Å². The second kappa shape index (κ2) is 6.23. The lowest BCUT2D eigenvalue weighted by molar-refractivity contribution is -0.143. The number of alkyl halides is 3. The second-order valence-corrected chi connectivity index (χ2v) is 4.39. The molecular formula is C11H16F3N3O3. The number of aryl methyl sites for hydroxylation is 1. The summed E-state index contributed by atoms with van der Waals surface area (Å²) in [6.45, 7) is 2.64. The zero-order chi connectivity index (χ0) is 15.5. The van der Waals surface area contributed by atoms with Crippen LogP contribution in [0.3, 0.4) is 0 Å². The minimum atomic E-state index is -4.72. The molecule has 0 aliphatic heterocycles. The van der Waals surface area contributed by atoms with Crippen molar-refractivity contribution in [3.05, 3.63) is 17.0 Å². The predicted molar refractivity (Wildman–Crippen MR) is 62.6 cm³/mol. The van der Waals surface area contributed by atoms with Crippen molar-refractivity contribution in [2.24, 2.45) is 0 Å². The van der Waals surface area contributed by atoms with Crippen molar-refractivity contribution in [1.29, 1.82) is 0 Å². The number of carbonyl (C=O) groups excluding carboxylic acids is 1. The van der Waals surface area contributed by atoms with E-state index in [9.17, 15) is 28.2 Å². The van der Waals surface area contributed by atoms with Crippen LogP contribution in [0.25, 0.3) is 0 Å². The highest BCUT2D eigenvalue weighted by Crippen LogP contribution is 2.35. The van der Waals surface area contributed by atoms with Crippen LogP contribution in [0.2, 0.25) is 0 Å². The molecule has 2 atom stereocenters. The van der Waals surface area contributed by atoms with E-state index in [2.05, 4.69) is 15.5 Å². The first-order valence-corrected chi connectivity index (χ1v) is 5.87. The summed E-state index contributed by atoms with van der Waals surface area (Å²) in [4.78, 5) is 10.6. The van der Waals surface area contributed by atoms with E-state index in [4.69, 9.17) is 0 Å². The van der Waals surface area contributed by atoms with Crippen LogP contribution in [-0.2, 0) is 11.0 Å². The number of carbonyl (C=O) groups is 1.